The van der Waals surface area contributed by atoms with Crippen LogP contribution >= 0.6 is 0 Å². The van der Waals surface area contributed by atoms with Gasteiger partial charge in [0.15, 0.2) is 0 Å². The number of nitrogens with zero attached hydrogens (tertiary/aromatic N) is 3. The van der Waals surface area contributed by atoms with Crippen molar-refractivity contribution in [3.63, 3.8) is 0 Å². The van der Waals surface area contributed by atoms with E-state index in [9.17, 15) is 0 Å². The summed E-state index contributed by atoms with van der Waals surface area (Å²) in [5, 5.41) is 0. The minimum absolute atomic E-state index is 0.00332. The van der Waals surface area contributed by atoms with Crippen molar-refractivity contribution in [2.75, 3.05) is 65.6 Å². The Hall–Kier alpha value is -1.40. The number of ether oxygens (including phenoxy) is 2. The van der Waals surface area contributed by atoms with Gasteiger partial charge in [-0.15, -0.1) is 0 Å². The molecule has 5 nitrogen and oxygen atoms in total. The summed E-state index contributed by atoms with van der Waals surface area (Å²) in [4.78, 5) is 7.60. The van der Waals surface area contributed by atoms with Crippen LogP contribution < -0.4 is 4.74 Å². The van der Waals surface area contributed by atoms with Crippen LogP contribution in [0, 0.1) is 0 Å². The lowest BCUT2D eigenvalue weighted by Crippen LogP contribution is -2.47. The topological polar surface area (TPSA) is 28.2 Å². The van der Waals surface area contributed by atoms with Gasteiger partial charge in [0, 0.05) is 57.9 Å². The van der Waals surface area contributed by atoms with Crippen LogP contribution in [0.2, 0.25) is 0 Å². The predicted octanol–water partition coefficient (Wildman–Crippen LogP) is 3.40. The molecule has 0 aliphatic carbocycles. The minimum Gasteiger partial charge on any atom is -0.492 e. The largest absolute Gasteiger partial charge is 0.492 e. The molecule has 0 N–H and O–H groups in total. The molecule has 0 amide bonds. The molecule has 0 radical (unpaired) electrons. The molecule has 1 aromatic rings. The van der Waals surface area contributed by atoms with E-state index in [1.165, 1.54) is 24.2 Å². The summed E-state index contributed by atoms with van der Waals surface area (Å²) in [6.45, 7) is 16.1. The number of likely N-dealkylation sites (tertiary alicyclic amines) is 1. The molecule has 30 heavy (non-hydrogen) atoms. The van der Waals surface area contributed by atoms with Gasteiger partial charge in [-0.3, -0.25) is 9.80 Å². The van der Waals surface area contributed by atoms with Gasteiger partial charge in [-0.2, -0.15) is 0 Å². The third-order valence-corrected chi connectivity index (χ3v) is 7.04. The summed E-state index contributed by atoms with van der Waals surface area (Å²) >= 11 is 0. The first-order valence-electron chi connectivity index (χ1n) is 11.9. The molecule has 0 unspecified atom stereocenters. The number of para-hydroxylation sites is 1. The van der Waals surface area contributed by atoms with E-state index in [2.05, 4.69) is 58.9 Å². The Morgan fingerprint density at radius 2 is 1.70 bits per heavy atom. The highest BCUT2D eigenvalue weighted by Gasteiger charge is 2.35. The number of piperidine rings is 1. The predicted molar refractivity (Wildman–Crippen MR) is 122 cm³/mol. The van der Waals surface area contributed by atoms with E-state index < -0.39 is 0 Å². The molecular weight excluding hydrogens is 374 g/mol. The lowest BCUT2D eigenvalue weighted by atomic mass is 9.87. The summed E-state index contributed by atoms with van der Waals surface area (Å²) in [6, 6.07) is 8.58. The maximum atomic E-state index is 6.24. The van der Waals surface area contributed by atoms with Gasteiger partial charge in [-0.1, -0.05) is 36.8 Å². The molecule has 3 aliphatic heterocycles. The van der Waals surface area contributed by atoms with Crippen LogP contribution in [0.3, 0.4) is 0 Å². The number of hydrogen-bond acceptors (Lipinski definition) is 5. The van der Waals surface area contributed by atoms with Gasteiger partial charge in [-0.25, -0.2) is 0 Å². The third kappa shape index (κ3) is 5.64. The molecule has 0 saturated carbocycles. The first-order valence-corrected chi connectivity index (χ1v) is 11.9. The molecule has 1 spiro atoms. The maximum absolute atomic E-state index is 6.24. The Morgan fingerprint density at radius 3 is 2.43 bits per heavy atom. The van der Waals surface area contributed by atoms with Gasteiger partial charge in [0.2, 0.25) is 0 Å². The Labute approximate surface area is 182 Å². The molecule has 1 aromatic carbocycles. The Morgan fingerprint density at radius 1 is 0.967 bits per heavy atom. The normalized spacial score (nSPS) is 23.5. The Kier molecular flexibility index (Phi) is 7.47. The van der Waals surface area contributed by atoms with E-state index in [1.807, 2.05) is 0 Å². The van der Waals surface area contributed by atoms with Crippen LogP contribution in [0.15, 0.2) is 35.9 Å². The molecule has 0 bridgehead atoms. The molecular formula is C25H39N3O2. The molecule has 5 heteroatoms. The zero-order chi connectivity index (χ0) is 20.8. The Bertz CT molecular complexity index is 704. The van der Waals surface area contributed by atoms with Crippen molar-refractivity contribution in [1.82, 2.24) is 14.7 Å². The zero-order valence-corrected chi connectivity index (χ0v) is 18.9. The lowest BCUT2D eigenvalue weighted by Gasteiger charge is -2.42. The van der Waals surface area contributed by atoms with E-state index in [1.54, 1.807) is 0 Å². The highest BCUT2D eigenvalue weighted by atomic mass is 16.5. The molecule has 166 valence electrons. The summed E-state index contributed by atoms with van der Waals surface area (Å²) in [5.74, 6) is 1.05. The second-order valence-electron chi connectivity index (χ2n) is 9.16. The van der Waals surface area contributed by atoms with E-state index >= 15 is 0 Å². The van der Waals surface area contributed by atoms with Crippen molar-refractivity contribution in [3.8, 4) is 5.75 Å². The third-order valence-electron chi connectivity index (χ3n) is 7.04. The average molecular weight is 414 g/mol. The molecule has 2 saturated heterocycles. The van der Waals surface area contributed by atoms with Gasteiger partial charge < -0.3 is 14.4 Å². The summed E-state index contributed by atoms with van der Waals surface area (Å²) in [6.07, 6.45) is 5.67. The molecule has 2 fully saturated rings. The highest BCUT2D eigenvalue weighted by molar-refractivity contribution is 5.33. The SMILES string of the molecule is CCN1CCN(CCOc2ccccc2CN2CCC3(C=C(C)CCO3)CC2)CC1. The number of rotatable bonds is 7. The summed E-state index contributed by atoms with van der Waals surface area (Å²) in [7, 11) is 0. The fourth-order valence-electron chi connectivity index (χ4n) is 4.99. The van der Waals surface area contributed by atoms with E-state index in [4.69, 9.17) is 9.47 Å². The van der Waals surface area contributed by atoms with Crippen LogP contribution in [0.4, 0.5) is 0 Å². The van der Waals surface area contributed by atoms with Gasteiger partial charge in [0.1, 0.15) is 12.4 Å². The molecule has 3 aliphatic rings. The van der Waals surface area contributed by atoms with Crippen molar-refractivity contribution in [1.29, 1.82) is 0 Å². The fourth-order valence-corrected chi connectivity index (χ4v) is 4.99. The highest BCUT2D eigenvalue weighted by Crippen LogP contribution is 2.34. The van der Waals surface area contributed by atoms with Crippen LogP contribution in [0.25, 0.3) is 0 Å². The zero-order valence-electron chi connectivity index (χ0n) is 18.9. The average Bonchev–Trinajstić information content (AvgIpc) is 2.77. The van der Waals surface area contributed by atoms with Crippen LogP contribution in [-0.2, 0) is 11.3 Å². The van der Waals surface area contributed by atoms with Crippen molar-refractivity contribution in [3.05, 3.63) is 41.5 Å². The lowest BCUT2D eigenvalue weighted by molar-refractivity contribution is -0.0577. The van der Waals surface area contributed by atoms with Gasteiger partial charge in [0.25, 0.3) is 0 Å². The molecule has 3 heterocycles. The maximum Gasteiger partial charge on any atom is 0.123 e. The van der Waals surface area contributed by atoms with E-state index in [-0.39, 0.29) is 5.60 Å². The standard InChI is InChI=1S/C25H39N3O2/c1-3-26-13-15-27(16-14-26)17-19-29-24-7-5-4-6-23(24)21-28-11-9-25(10-12-28)20-22(2)8-18-30-25/h4-7,20H,3,8-19,21H2,1-2H3. The van der Waals surface area contributed by atoms with Gasteiger partial charge in [0.05, 0.1) is 12.2 Å². The number of hydrogen-bond donors (Lipinski definition) is 0. The molecule has 0 atom stereocenters. The number of piperazine rings is 1. The second kappa shape index (κ2) is 10.3. The minimum atomic E-state index is -0.00332. The molecule has 0 aromatic heterocycles. The monoisotopic (exact) mass is 413 g/mol. The smallest absolute Gasteiger partial charge is 0.123 e. The van der Waals surface area contributed by atoms with E-state index in [0.717, 1.165) is 84.0 Å². The first kappa shape index (κ1) is 21.8. The number of likely N-dealkylation sites (N-methyl/N-ethyl adjacent to an activating group) is 1. The van der Waals surface area contributed by atoms with Gasteiger partial charge in [-0.05, 0) is 38.8 Å². The second-order valence-corrected chi connectivity index (χ2v) is 9.16. The quantitative estimate of drug-likeness (QED) is 0.639. The van der Waals surface area contributed by atoms with Gasteiger partial charge >= 0.3 is 0 Å². The van der Waals surface area contributed by atoms with Crippen LogP contribution in [-0.4, -0.2) is 85.9 Å². The van der Waals surface area contributed by atoms with Crippen LogP contribution in [0.5, 0.6) is 5.75 Å². The summed E-state index contributed by atoms with van der Waals surface area (Å²) in [5.41, 5.74) is 2.79. The van der Waals surface area contributed by atoms with Crippen molar-refractivity contribution >= 4 is 0 Å². The van der Waals surface area contributed by atoms with Crippen molar-refractivity contribution in [2.45, 2.75) is 45.3 Å². The first-order chi connectivity index (χ1) is 14.7. The fraction of sp³-hybridized carbons (Fsp3) is 0.680. The molecule has 4 rings (SSSR count). The number of benzene rings is 1. The summed E-state index contributed by atoms with van der Waals surface area (Å²) < 4.78 is 12.4. The van der Waals surface area contributed by atoms with Crippen molar-refractivity contribution in [2.24, 2.45) is 0 Å². The van der Waals surface area contributed by atoms with E-state index in [0.29, 0.717) is 0 Å². The van der Waals surface area contributed by atoms with Crippen molar-refractivity contribution < 1.29 is 9.47 Å². The van der Waals surface area contributed by atoms with Crippen LogP contribution in [0.1, 0.15) is 38.7 Å². The Balaban J connectivity index is 1.25.